The molecule has 3 heteroatoms. The lowest BCUT2D eigenvalue weighted by molar-refractivity contribution is -0.149. The third-order valence-electron chi connectivity index (χ3n) is 3.87. The van der Waals surface area contributed by atoms with Crippen LogP contribution in [0, 0.1) is 5.41 Å². The topological polar surface area (TPSA) is 63.3 Å². The summed E-state index contributed by atoms with van der Waals surface area (Å²) in [5.74, 6) is -0.940. The number of carboxylic acids is 1. The van der Waals surface area contributed by atoms with E-state index < -0.39 is 16.9 Å². The second-order valence-electron chi connectivity index (χ2n) is 5.15. The first kappa shape index (κ1) is 11.1. The first-order chi connectivity index (χ1) is 7.39. The van der Waals surface area contributed by atoms with Crippen LogP contribution in [0.15, 0.2) is 24.3 Å². The standard InChI is InChI=1S/C13H17NO2/c1-12(2)8-7-9-5-3-4-6-10(9)13(12,14)11(15)16/h3-6H,7-8,14H2,1-2H3,(H,15,16). The maximum absolute atomic E-state index is 11.5. The van der Waals surface area contributed by atoms with Gasteiger partial charge in [-0.3, -0.25) is 0 Å². The zero-order valence-electron chi connectivity index (χ0n) is 9.66. The average Bonchev–Trinajstić information content (AvgIpc) is 2.24. The van der Waals surface area contributed by atoms with Gasteiger partial charge < -0.3 is 10.8 Å². The van der Waals surface area contributed by atoms with Crippen LogP contribution in [-0.2, 0) is 16.8 Å². The van der Waals surface area contributed by atoms with E-state index in [1.54, 1.807) is 0 Å². The molecule has 1 unspecified atom stereocenters. The van der Waals surface area contributed by atoms with Crippen molar-refractivity contribution < 1.29 is 9.90 Å². The van der Waals surface area contributed by atoms with E-state index in [1.807, 2.05) is 38.1 Å². The van der Waals surface area contributed by atoms with Crippen LogP contribution in [0.3, 0.4) is 0 Å². The zero-order chi connectivity index (χ0) is 12.0. The predicted octanol–water partition coefficient (Wildman–Crippen LogP) is 1.90. The number of aryl methyl sites for hydroxylation is 1. The summed E-state index contributed by atoms with van der Waals surface area (Å²) in [5, 5.41) is 9.45. The SMILES string of the molecule is CC1(C)CCc2ccccc2C1(N)C(=O)O. The van der Waals surface area contributed by atoms with Gasteiger partial charge in [0, 0.05) is 0 Å². The van der Waals surface area contributed by atoms with Crippen molar-refractivity contribution in [3.05, 3.63) is 35.4 Å². The highest BCUT2D eigenvalue weighted by atomic mass is 16.4. The smallest absolute Gasteiger partial charge is 0.328 e. The Morgan fingerprint density at radius 2 is 2.00 bits per heavy atom. The van der Waals surface area contributed by atoms with E-state index >= 15 is 0 Å². The number of carboxylic acid groups (broad SMARTS) is 1. The van der Waals surface area contributed by atoms with Gasteiger partial charge in [-0.25, -0.2) is 4.79 Å². The number of rotatable bonds is 1. The van der Waals surface area contributed by atoms with E-state index in [9.17, 15) is 9.90 Å². The van der Waals surface area contributed by atoms with Crippen molar-refractivity contribution >= 4 is 5.97 Å². The highest BCUT2D eigenvalue weighted by Gasteiger charge is 2.52. The largest absolute Gasteiger partial charge is 0.480 e. The van der Waals surface area contributed by atoms with E-state index in [2.05, 4.69) is 0 Å². The lowest BCUT2D eigenvalue weighted by Crippen LogP contribution is -2.58. The molecule has 0 saturated carbocycles. The van der Waals surface area contributed by atoms with E-state index in [0.29, 0.717) is 0 Å². The van der Waals surface area contributed by atoms with Gasteiger partial charge in [0.25, 0.3) is 0 Å². The fraction of sp³-hybridized carbons (Fsp3) is 0.462. The molecule has 3 nitrogen and oxygen atoms in total. The van der Waals surface area contributed by atoms with Crippen molar-refractivity contribution in [1.82, 2.24) is 0 Å². The monoisotopic (exact) mass is 219 g/mol. The van der Waals surface area contributed by atoms with Crippen LogP contribution >= 0.6 is 0 Å². The Morgan fingerprint density at radius 1 is 1.38 bits per heavy atom. The number of benzene rings is 1. The van der Waals surface area contributed by atoms with E-state index in [0.717, 1.165) is 24.0 Å². The first-order valence-electron chi connectivity index (χ1n) is 5.50. The molecule has 0 fully saturated rings. The fourth-order valence-electron chi connectivity index (χ4n) is 2.54. The van der Waals surface area contributed by atoms with Gasteiger partial charge in [0.1, 0.15) is 5.54 Å². The Labute approximate surface area is 95.3 Å². The molecule has 0 amide bonds. The number of hydrogen-bond acceptors (Lipinski definition) is 2. The molecule has 2 rings (SSSR count). The van der Waals surface area contributed by atoms with Crippen LogP contribution in [0.25, 0.3) is 0 Å². The van der Waals surface area contributed by atoms with Gasteiger partial charge in [-0.15, -0.1) is 0 Å². The lowest BCUT2D eigenvalue weighted by Gasteiger charge is -2.45. The maximum atomic E-state index is 11.5. The summed E-state index contributed by atoms with van der Waals surface area (Å²) in [6, 6.07) is 7.59. The summed E-state index contributed by atoms with van der Waals surface area (Å²) in [6.07, 6.45) is 1.70. The Morgan fingerprint density at radius 3 is 2.62 bits per heavy atom. The van der Waals surface area contributed by atoms with Gasteiger partial charge in [0.05, 0.1) is 0 Å². The van der Waals surface area contributed by atoms with Crippen molar-refractivity contribution in [3.63, 3.8) is 0 Å². The predicted molar refractivity (Wildman–Crippen MR) is 62.0 cm³/mol. The molecule has 0 aliphatic heterocycles. The average molecular weight is 219 g/mol. The van der Waals surface area contributed by atoms with Crippen LogP contribution in [-0.4, -0.2) is 11.1 Å². The molecular formula is C13H17NO2. The van der Waals surface area contributed by atoms with Gasteiger partial charge in [-0.05, 0) is 29.4 Å². The molecule has 1 aromatic carbocycles. The molecule has 0 spiro atoms. The number of carbonyl (C=O) groups is 1. The van der Waals surface area contributed by atoms with Crippen molar-refractivity contribution in [2.75, 3.05) is 0 Å². The van der Waals surface area contributed by atoms with Crippen molar-refractivity contribution in [3.8, 4) is 0 Å². The van der Waals surface area contributed by atoms with Crippen LogP contribution < -0.4 is 5.73 Å². The molecule has 0 heterocycles. The molecular weight excluding hydrogens is 202 g/mol. The van der Waals surface area contributed by atoms with Gasteiger partial charge in [0.15, 0.2) is 0 Å². The highest BCUT2D eigenvalue weighted by Crippen LogP contribution is 2.46. The van der Waals surface area contributed by atoms with Crippen molar-refractivity contribution in [2.24, 2.45) is 11.1 Å². The second kappa shape index (κ2) is 3.32. The van der Waals surface area contributed by atoms with Crippen LogP contribution in [0.2, 0.25) is 0 Å². The summed E-state index contributed by atoms with van der Waals surface area (Å²) in [6.45, 7) is 3.86. The van der Waals surface area contributed by atoms with Crippen molar-refractivity contribution in [1.29, 1.82) is 0 Å². The fourth-order valence-corrected chi connectivity index (χ4v) is 2.54. The molecule has 0 aromatic heterocycles. The maximum Gasteiger partial charge on any atom is 0.328 e. The van der Waals surface area contributed by atoms with E-state index in [4.69, 9.17) is 5.73 Å². The summed E-state index contributed by atoms with van der Waals surface area (Å²) in [7, 11) is 0. The zero-order valence-corrected chi connectivity index (χ0v) is 9.66. The third-order valence-corrected chi connectivity index (χ3v) is 3.87. The van der Waals surface area contributed by atoms with Gasteiger partial charge >= 0.3 is 5.97 Å². The van der Waals surface area contributed by atoms with Gasteiger partial charge in [-0.1, -0.05) is 38.1 Å². The molecule has 16 heavy (non-hydrogen) atoms. The minimum absolute atomic E-state index is 0.423. The van der Waals surface area contributed by atoms with Gasteiger partial charge in [0.2, 0.25) is 0 Å². The molecule has 0 radical (unpaired) electrons. The lowest BCUT2D eigenvalue weighted by atomic mass is 9.61. The van der Waals surface area contributed by atoms with Crippen LogP contribution in [0.4, 0.5) is 0 Å². The third kappa shape index (κ3) is 1.28. The van der Waals surface area contributed by atoms with Crippen LogP contribution in [0.5, 0.6) is 0 Å². The Hall–Kier alpha value is -1.35. The molecule has 3 N–H and O–H groups in total. The minimum Gasteiger partial charge on any atom is -0.480 e. The first-order valence-corrected chi connectivity index (χ1v) is 5.50. The Bertz CT molecular complexity index is 439. The van der Waals surface area contributed by atoms with Crippen molar-refractivity contribution in [2.45, 2.75) is 32.2 Å². The number of nitrogens with two attached hydrogens (primary N) is 1. The summed E-state index contributed by atoms with van der Waals surface area (Å²) in [4.78, 5) is 11.5. The molecule has 86 valence electrons. The Kier molecular flexibility index (Phi) is 2.31. The molecule has 0 bridgehead atoms. The molecule has 0 saturated heterocycles. The Balaban J connectivity index is 2.67. The molecule has 1 aromatic rings. The second-order valence-corrected chi connectivity index (χ2v) is 5.15. The number of aliphatic carboxylic acids is 1. The van der Waals surface area contributed by atoms with E-state index in [1.165, 1.54) is 0 Å². The minimum atomic E-state index is -1.28. The highest BCUT2D eigenvalue weighted by molar-refractivity contribution is 5.82. The normalized spacial score (nSPS) is 27.2. The van der Waals surface area contributed by atoms with E-state index in [-0.39, 0.29) is 0 Å². The quantitative estimate of drug-likeness (QED) is 0.758. The molecule has 1 aliphatic rings. The number of hydrogen-bond donors (Lipinski definition) is 2. The van der Waals surface area contributed by atoms with Crippen LogP contribution in [0.1, 0.15) is 31.4 Å². The molecule has 1 atom stereocenters. The molecule has 1 aliphatic carbocycles. The summed E-state index contributed by atoms with van der Waals surface area (Å²) in [5.41, 5.74) is 6.32. The summed E-state index contributed by atoms with van der Waals surface area (Å²) >= 11 is 0. The summed E-state index contributed by atoms with van der Waals surface area (Å²) < 4.78 is 0. The van der Waals surface area contributed by atoms with Gasteiger partial charge in [-0.2, -0.15) is 0 Å². The number of fused-ring (bicyclic) bond motifs is 1.